The van der Waals surface area contributed by atoms with Gasteiger partial charge in [0.2, 0.25) is 11.8 Å². The molecule has 3 aromatic heterocycles. The summed E-state index contributed by atoms with van der Waals surface area (Å²) in [6.45, 7) is 2.92. The maximum atomic E-state index is 13.6. The number of hydrogen-bond acceptors (Lipinski definition) is 7. The van der Waals surface area contributed by atoms with Crippen LogP contribution >= 0.6 is 0 Å². The molecule has 0 aliphatic carbocycles. The van der Waals surface area contributed by atoms with Crippen LogP contribution in [0.15, 0.2) is 43.0 Å². The summed E-state index contributed by atoms with van der Waals surface area (Å²) in [5, 5.41) is 23.3. The Bertz CT molecular complexity index is 1440. The lowest BCUT2D eigenvalue weighted by Crippen LogP contribution is -2.34. The molecule has 36 heavy (non-hydrogen) atoms. The smallest absolute Gasteiger partial charge is 0.219 e. The van der Waals surface area contributed by atoms with Crippen molar-refractivity contribution in [3.63, 3.8) is 0 Å². The molecule has 0 amide bonds. The Balaban J connectivity index is 1.44. The van der Waals surface area contributed by atoms with Crippen molar-refractivity contribution >= 4 is 5.69 Å². The number of halogens is 1. The van der Waals surface area contributed by atoms with E-state index >= 15 is 0 Å². The van der Waals surface area contributed by atoms with Crippen LogP contribution in [0.3, 0.4) is 0 Å². The summed E-state index contributed by atoms with van der Waals surface area (Å²) < 4.78 is 23.4. The van der Waals surface area contributed by atoms with Crippen LogP contribution in [-0.2, 0) is 13.6 Å². The third-order valence-electron chi connectivity index (χ3n) is 7.09. The molecule has 10 heteroatoms. The second-order valence-corrected chi connectivity index (χ2v) is 9.22. The van der Waals surface area contributed by atoms with Gasteiger partial charge in [0.15, 0.2) is 0 Å². The minimum atomic E-state index is -0.537. The number of aromatic nitrogens is 6. The number of nitriles is 1. The van der Waals surface area contributed by atoms with E-state index in [0.717, 1.165) is 72.7 Å². The number of benzene rings is 1. The molecule has 2 aliphatic rings. The fourth-order valence-corrected chi connectivity index (χ4v) is 5.30. The molecule has 6 rings (SSSR count). The molecule has 0 radical (unpaired) electrons. The topological polar surface area (TPSA) is 97.7 Å². The van der Waals surface area contributed by atoms with Gasteiger partial charge in [0.05, 0.1) is 29.6 Å². The molecule has 0 bridgehead atoms. The highest BCUT2D eigenvalue weighted by atomic mass is 19.1. The van der Waals surface area contributed by atoms with Gasteiger partial charge in [-0.2, -0.15) is 14.8 Å². The molecule has 0 N–H and O–H groups in total. The van der Waals surface area contributed by atoms with Crippen LogP contribution in [0.4, 0.5) is 10.1 Å². The van der Waals surface area contributed by atoms with E-state index in [1.807, 2.05) is 28.4 Å². The van der Waals surface area contributed by atoms with Gasteiger partial charge >= 0.3 is 0 Å². The maximum Gasteiger partial charge on any atom is 0.219 e. The number of nitrogens with zero attached hydrogens (tertiary/aromatic N) is 8. The van der Waals surface area contributed by atoms with Gasteiger partial charge in [-0.25, -0.2) is 9.67 Å². The van der Waals surface area contributed by atoms with Crippen molar-refractivity contribution in [1.82, 2.24) is 29.5 Å². The number of piperidine rings is 1. The van der Waals surface area contributed by atoms with Gasteiger partial charge in [0.1, 0.15) is 18.2 Å². The Labute approximate surface area is 207 Å². The molecule has 4 aromatic rings. The summed E-state index contributed by atoms with van der Waals surface area (Å²) in [6.07, 6.45) is 7.70. The predicted molar refractivity (Wildman–Crippen MR) is 131 cm³/mol. The van der Waals surface area contributed by atoms with E-state index in [2.05, 4.69) is 31.2 Å². The maximum absolute atomic E-state index is 13.6. The fourth-order valence-electron chi connectivity index (χ4n) is 5.30. The third-order valence-corrected chi connectivity index (χ3v) is 7.09. The molecule has 2 aliphatic heterocycles. The van der Waals surface area contributed by atoms with Gasteiger partial charge in [0, 0.05) is 61.9 Å². The lowest BCUT2D eigenvalue weighted by Gasteiger charge is -2.35. The van der Waals surface area contributed by atoms with Gasteiger partial charge in [-0.15, -0.1) is 10.2 Å². The molecule has 9 nitrogen and oxygen atoms in total. The van der Waals surface area contributed by atoms with E-state index in [9.17, 15) is 9.65 Å². The van der Waals surface area contributed by atoms with Crippen LogP contribution in [0, 0.1) is 17.3 Å². The number of aryl methyl sites for hydroxylation is 2. The van der Waals surface area contributed by atoms with E-state index in [1.165, 1.54) is 12.3 Å². The third kappa shape index (κ3) is 3.77. The summed E-state index contributed by atoms with van der Waals surface area (Å²) in [5.74, 6) is 1.44. The minimum absolute atomic E-state index is 0.300. The number of hydrogen-bond donors (Lipinski definition) is 0. The number of anilines is 1. The van der Waals surface area contributed by atoms with Gasteiger partial charge < -0.3 is 14.2 Å². The Morgan fingerprint density at radius 2 is 1.89 bits per heavy atom. The SMILES string of the molecule is Cn1cnnc1C1CCN(c2c(-c3ccc(F)nc3)ccc(-c3cnn4c3OCCC4)c2C#N)CC1. The summed E-state index contributed by atoms with van der Waals surface area (Å²) >= 11 is 0. The minimum Gasteiger partial charge on any atom is -0.477 e. The summed E-state index contributed by atoms with van der Waals surface area (Å²) in [6, 6.07) is 9.45. The molecule has 1 saturated heterocycles. The fraction of sp³-hybridized carbons (Fsp3) is 0.346. The molecule has 1 fully saturated rings. The van der Waals surface area contributed by atoms with Crippen molar-refractivity contribution in [2.75, 3.05) is 24.6 Å². The van der Waals surface area contributed by atoms with Gasteiger partial charge in [-0.1, -0.05) is 12.1 Å². The molecular weight excluding hydrogens is 459 g/mol. The summed E-state index contributed by atoms with van der Waals surface area (Å²) in [5.41, 5.74) is 4.59. The van der Waals surface area contributed by atoms with Gasteiger partial charge in [-0.3, -0.25) is 0 Å². The Morgan fingerprint density at radius 1 is 1.06 bits per heavy atom. The first-order chi connectivity index (χ1) is 17.6. The first kappa shape index (κ1) is 22.2. The first-order valence-electron chi connectivity index (χ1n) is 12.1. The Kier molecular flexibility index (Phi) is 5.60. The van der Waals surface area contributed by atoms with Crippen molar-refractivity contribution in [1.29, 1.82) is 5.26 Å². The molecule has 0 spiro atoms. The molecule has 5 heterocycles. The average Bonchev–Trinajstić information content (AvgIpc) is 3.54. The Hall–Kier alpha value is -4.26. The van der Waals surface area contributed by atoms with Gasteiger partial charge in [-0.05, 0) is 25.0 Å². The van der Waals surface area contributed by atoms with Crippen LogP contribution in [0.2, 0.25) is 0 Å². The normalized spacial score (nSPS) is 15.9. The second kappa shape index (κ2) is 9.07. The van der Waals surface area contributed by atoms with Crippen molar-refractivity contribution < 1.29 is 9.13 Å². The monoisotopic (exact) mass is 484 g/mol. The second-order valence-electron chi connectivity index (χ2n) is 9.22. The number of fused-ring (bicyclic) bond motifs is 1. The van der Waals surface area contributed by atoms with Crippen molar-refractivity contribution in [3.8, 4) is 34.2 Å². The van der Waals surface area contributed by atoms with E-state index in [1.54, 1.807) is 18.6 Å². The standard InChI is InChI=1S/C26H25FN8O/c1-33-16-30-32-25(33)17-7-10-34(11-8-17)24-19(18-3-6-23(27)29-14-18)4-5-20(21(24)13-28)22-15-31-35-9-2-12-36-26(22)35/h3-6,14-17H,2,7-12H2,1H3. The zero-order valence-corrected chi connectivity index (χ0v) is 19.9. The Morgan fingerprint density at radius 3 is 2.61 bits per heavy atom. The van der Waals surface area contributed by atoms with Gasteiger partial charge in [0.25, 0.3) is 0 Å². The van der Waals surface area contributed by atoms with Crippen LogP contribution in [-0.4, -0.2) is 49.2 Å². The molecule has 1 aromatic carbocycles. The molecule has 0 unspecified atom stereocenters. The highest BCUT2D eigenvalue weighted by molar-refractivity contribution is 5.90. The van der Waals surface area contributed by atoms with Crippen molar-refractivity contribution in [2.24, 2.45) is 7.05 Å². The quantitative estimate of drug-likeness (QED) is 0.405. The van der Waals surface area contributed by atoms with E-state index in [0.29, 0.717) is 24.0 Å². The molecule has 0 atom stereocenters. The summed E-state index contributed by atoms with van der Waals surface area (Å²) in [4.78, 5) is 6.12. The van der Waals surface area contributed by atoms with E-state index < -0.39 is 5.95 Å². The first-order valence-corrected chi connectivity index (χ1v) is 12.1. The number of pyridine rings is 1. The van der Waals surface area contributed by atoms with Crippen molar-refractivity contribution in [2.45, 2.75) is 31.7 Å². The average molecular weight is 485 g/mol. The van der Waals surface area contributed by atoms with Crippen LogP contribution in [0.25, 0.3) is 22.3 Å². The van der Waals surface area contributed by atoms with E-state index in [4.69, 9.17) is 4.74 Å². The lowest BCUT2D eigenvalue weighted by molar-refractivity contribution is 0.231. The lowest BCUT2D eigenvalue weighted by atomic mass is 9.90. The zero-order valence-electron chi connectivity index (χ0n) is 19.9. The highest BCUT2D eigenvalue weighted by Gasteiger charge is 2.29. The molecular formula is C26H25FN8O. The highest BCUT2D eigenvalue weighted by Crippen LogP contribution is 2.43. The molecule has 182 valence electrons. The van der Waals surface area contributed by atoms with Crippen LogP contribution in [0.1, 0.15) is 36.6 Å². The predicted octanol–water partition coefficient (Wildman–Crippen LogP) is 3.92. The molecule has 0 saturated carbocycles. The largest absolute Gasteiger partial charge is 0.477 e. The van der Waals surface area contributed by atoms with Crippen LogP contribution in [0.5, 0.6) is 5.88 Å². The van der Waals surface area contributed by atoms with Crippen molar-refractivity contribution in [3.05, 3.63) is 60.3 Å². The van der Waals surface area contributed by atoms with Crippen LogP contribution < -0.4 is 9.64 Å². The zero-order chi connectivity index (χ0) is 24.6. The summed E-state index contributed by atoms with van der Waals surface area (Å²) in [7, 11) is 1.97. The van der Waals surface area contributed by atoms with E-state index in [-0.39, 0.29) is 0 Å². The number of rotatable bonds is 4. The number of ether oxygens (including phenoxy) is 1.